The number of carbonyl (C=O) groups excluding carboxylic acids is 2. The summed E-state index contributed by atoms with van der Waals surface area (Å²) in [4.78, 5) is 27.3. The number of nitrogens with one attached hydrogen (secondary N) is 2. The topological polar surface area (TPSA) is 61.4 Å². The molecule has 0 unspecified atom stereocenters. The van der Waals surface area contributed by atoms with E-state index in [1.807, 2.05) is 44.2 Å². The molecule has 0 aromatic heterocycles. The van der Waals surface area contributed by atoms with Gasteiger partial charge in [-0.25, -0.2) is 9.18 Å². The number of hydrogen-bond donors (Lipinski definition) is 2. The molecule has 30 heavy (non-hydrogen) atoms. The molecule has 1 saturated heterocycles. The first-order chi connectivity index (χ1) is 14.4. The molecule has 0 bridgehead atoms. The lowest BCUT2D eigenvalue weighted by Crippen LogP contribution is -2.51. The van der Waals surface area contributed by atoms with Crippen LogP contribution in [0.2, 0.25) is 0 Å². The van der Waals surface area contributed by atoms with Crippen molar-refractivity contribution in [2.24, 2.45) is 5.92 Å². The van der Waals surface area contributed by atoms with Gasteiger partial charge in [-0.1, -0.05) is 42.5 Å². The predicted octanol–water partition coefficient (Wildman–Crippen LogP) is 4.06. The number of likely N-dealkylation sites (tertiary alicyclic amines) is 1. The summed E-state index contributed by atoms with van der Waals surface area (Å²) in [7, 11) is 0. The van der Waals surface area contributed by atoms with Crippen LogP contribution in [0.25, 0.3) is 0 Å². The largest absolute Gasteiger partial charge is 0.355 e. The second-order valence-electron chi connectivity index (χ2n) is 8.12. The molecule has 160 valence electrons. The lowest BCUT2D eigenvalue weighted by Gasteiger charge is -2.39. The van der Waals surface area contributed by atoms with Crippen molar-refractivity contribution in [1.29, 1.82) is 0 Å². The molecule has 0 saturated carbocycles. The van der Waals surface area contributed by atoms with Crippen molar-refractivity contribution < 1.29 is 14.0 Å². The number of nitrogens with zero attached hydrogens (tertiary/aromatic N) is 1. The average molecular weight is 412 g/mol. The summed E-state index contributed by atoms with van der Waals surface area (Å²) in [6.07, 6.45) is 2.12. The van der Waals surface area contributed by atoms with Gasteiger partial charge in [-0.05, 0) is 56.4 Å². The van der Waals surface area contributed by atoms with E-state index in [4.69, 9.17) is 0 Å². The molecule has 3 amide bonds. The van der Waals surface area contributed by atoms with Gasteiger partial charge in [0.25, 0.3) is 0 Å². The molecule has 6 heteroatoms. The van der Waals surface area contributed by atoms with Crippen molar-refractivity contribution >= 4 is 11.9 Å². The van der Waals surface area contributed by atoms with Crippen molar-refractivity contribution in [2.75, 3.05) is 13.1 Å². The van der Waals surface area contributed by atoms with E-state index in [1.54, 1.807) is 17.0 Å². The van der Waals surface area contributed by atoms with Gasteiger partial charge in [-0.15, -0.1) is 0 Å². The van der Waals surface area contributed by atoms with Gasteiger partial charge in [0.15, 0.2) is 0 Å². The lowest BCUT2D eigenvalue weighted by molar-refractivity contribution is -0.126. The third-order valence-electron chi connectivity index (χ3n) is 5.44. The van der Waals surface area contributed by atoms with Crippen molar-refractivity contribution in [3.63, 3.8) is 0 Å². The van der Waals surface area contributed by atoms with Crippen LogP contribution in [0.3, 0.4) is 0 Å². The molecule has 1 aliphatic heterocycles. The van der Waals surface area contributed by atoms with E-state index in [1.165, 1.54) is 17.7 Å². The van der Waals surface area contributed by atoms with Gasteiger partial charge in [0, 0.05) is 19.1 Å². The Morgan fingerprint density at radius 2 is 1.77 bits per heavy atom. The van der Waals surface area contributed by atoms with Crippen LogP contribution in [0, 0.1) is 11.7 Å². The van der Waals surface area contributed by atoms with E-state index < -0.39 is 0 Å². The highest BCUT2D eigenvalue weighted by molar-refractivity contribution is 5.81. The van der Waals surface area contributed by atoms with E-state index in [9.17, 15) is 14.0 Å². The molecule has 2 atom stereocenters. The van der Waals surface area contributed by atoms with Crippen LogP contribution >= 0.6 is 0 Å². The van der Waals surface area contributed by atoms with E-state index >= 15 is 0 Å². The summed E-state index contributed by atoms with van der Waals surface area (Å²) >= 11 is 0. The Morgan fingerprint density at radius 1 is 1.07 bits per heavy atom. The summed E-state index contributed by atoms with van der Waals surface area (Å²) in [5.41, 5.74) is 2.06. The minimum atomic E-state index is -0.302. The average Bonchev–Trinajstić information content (AvgIpc) is 2.74. The first kappa shape index (κ1) is 21.8. The Morgan fingerprint density at radius 3 is 2.43 bits per heavy atom. The van der Waals surface area contributed by atoms with Crippen LogP contribution in [0.15, 0.2) is 54.6 Å². The zero-order valence-electron chi connectivity index (χ0n) is 17.6. The van der Waals surface area contributed by atoms with Crippen molar-refractivity contribution in [1.82, 2.24) is 15.5 Å². The molecular formula is C24H30FN3O2. The molecule has 2 aromatic rings. The lowest BCUT2D eigenvalue weighted by atomic mass is 9.88. The van der Waals surface area contributed by atoms with Crippen LogP contribution in [0.5, 0.6) is 0 Å². The monoisotopic (exact) mass is 411 g/mol. The SMILES string of the molecule is CC(C)NC(=O)N1C[C@H](C(=O)NCCc2ccccc2)CC[C@H]1c1ccc(F)cc1. The number of rotatable bonds is 6. The summed E-state index contributed by atoms with van der Waals surface area (Å²) in [6, 6.07) is 15.9. The Hall–Kier alpha value is -2.89. The molecule has 3 rings (SSSR count). The van der Waals surface area contributed by atoms with Crippen LogP contribution in [-0.4, -0.2) is 36.0 Å². The van der Waals surface area contributed by atoms with Gasteiger partial charge in [0.05, 0.1) is 12.0 Å². The molecule has 0 radical (unpaired) electrons. The highest BCUT2D eigenvalue weighted by atomic mass is 19.1. The van der Waals surface area contributed by atoms with Crippen molar-refractivity contribution in [3.8, 4) is 0 Å². The van der Waals surface area contributed by atoms with Crippen molar-refractivity contribution in [3.05, 3.63) is 71.5 Å². The maximum atomic E-state index is 13.3. The molecule has 1 heterocycles. The molecule has 0 aliphatic carbocycles. The Labute approximate surface area is 177 Å². The maximum Gasteiger partial charge on any atom is 0.318 e. The number of urea groups is 1. The normalized spacial score (nSPS) is 18.9. The predicted molar refractivity (Wildman–Crippen MR) is 115 cm³/mol. The summed E-state index contributed by atoms with van der Waals surface area (Å²) < 4.78 is 13.3. The van der Waals surface area contributed by atoms with Crippen LogP contribution in [0.4, 0.5) is 9.18 Å². The third-order valence-corrected chi connectivity index (χ3v) is 5.44. The molecule has 1 fully saturated rings. The maximum absolute atomic E-state index is 13.3. The van der Waals surface area contributed by atoms with Gasteiger partial charge in [-0.3, -0.25) is 4.79 Å². The van der Waals surface area contributed by atoms with Crippen LogP contribution in [-0.2, 0) is 11.2 Å². The molecule has 1 aliphatic rings. The first-order valence-electron chi connectivity index (χ1n) is 10.6. The van der Waals surface area contributed by atoms with Crippen LogP contribution < -0.4 is 10.6 Å². The van der Waals surface area contributed by atoms with E-state index in [-0.39, 0.29) is 35.8 Å². The smallest absolute Gasteiger partial charge is 0.318 e. The Balaban J connectivity index is 1.64. The van der Waals surface area contributed by atoms with Gasteiger partial charge >= 0.3 is 6.03 Å². The first-order valence-corrected chi connectivity index (χ1v) is 10.6. The number of benzene rings is 2. The number of amides is 3. The highest BCUT2D eigenvalue weighted by Gasteiger charge is 2.35. The molecule has 0 spiro atoms. The fourth-order valence-corrected chi connectivity index (χ4v) is 3.89. The molecule has 2 aromatic carbocycles. The zero-order chi connectivity index (χ0) is 21.5. The minimum absolute atomic E-state index is 0.00792. The second-order valence-corrected chi connectivity index (χ2v) is 8.12. The highest BCUT2D eigenvalue weighted by Crippen LogP contribution is 2.33. The standard InChI is InChI=1S/C24H30FN3O2/c1-17(2)27-24(30)28-16-20(10-13-22(28)19-8-11-21(25)12-9-19)23(29)26-15-14-18-6-4-3-5-7-18/h3-9,11-12,17,20,22H,10,13-16H2,1-2H3,(H,26,29)(H,27,30)/t20-,22+/m1/s1. The van der Waals surface area contributed by atoms with Crippen molar-refractivity contribution in [2.45, 2.75) is 45.2 Å². The number of piperidine rings is 1. The second kappa shape index (κ2) is 10.2. The third kappa shape index (κ3) is 5.81. The molecule has 2 N–H and O–H groups in total. The fraction of sp³-hybridized carbons (Fsp3) is 0.417. The van der Waals surface area contributed by atoms with Crippen LogP contribution in [0.1, 0.15) is 43.9 Å². The summed E-state index contributed by atoms with van der Waals surface area (Å²) in [5, 5.41) is 5.95. The Bertz CT molecular complexity index is 839. The number of halogens is 1. The molecule has 5 nitrogen and oxygen atoms in total. The number of carbonyl (C=O) groups is 2. The van der Waals surface area contributed by atoms with Gasteiger partial charge in [0.2, 0.25) is 5.91 Å². The van der Waals surface area contributed by atoms with E-state index in [0.29, 0.717) is 25.9 Å². The summed E-state index contributed by atoms with van der Waals surface area (Å²) in [5.74, 6) is -0.579. The zero-order valence-corrected chi connectivity index (χ0v) is 17.6. The van der Waals surface area contributed by atoms with Gasteiger partial charge < -0.3 is 15.5 Å². The summed E-state index contributed by atoms with van der Waals surface area (Å²) in [6.45, 7) is 4.72. The van der Waals surface area contributed by atoms with E-state index in [0.717, 1.165) is 12.0 Å². The van der Waals surface area contributed by atoms with Gasteiger partial charge in [0.1, 0.15) is 5.82 Å². The molecular weight excluding hydrogens is 381 g/mol. The Kier molecular flexibility index (Phi) is 7.44. The van der Waals surface area contributed by atoms with E-state index in [2.05, 4.69) is 10.6 Å². The number of hydrogen-bond acceptors (Lipinski definition) is 2. The van der Waals surface area contributed by atoms with Gasteiger partial charge in [-0.2, -0.15) is 0 Å². The minimum Gasteiger partial charge on any atom is -0.355 e. The quantitative estimate of drug-likeness (QED) is 0.753. The fourth-order valence-electron chi connectivity index (χ4n) is 3.89.